The number of nitrogens with one attached hydrogen (secondary N) is 1. The molecule has 2 aromatic rings. The topological polar surface area (TPSA) is 60.0 Å². The van der Waals surface area contributed by atoms with E-state index in [0.717, 1.165) is 41.2 Å². The monoisotopic (exact) mass is 385 g/mol. The molecule has 2 N–H and O–H groups in total. The average molecular weight is 386 g/mol. The fourth-order valence-corrected chi connectivity index (χ4v) is 3.37. The molecule has 5 nitrogen and oxygen atoms in total. The molecular formula is C23H31NO4. The van der Waals surface area contributed by atoms with Crippen molar-refractivity contribution in [3.8, 4) is 11.5 Å². The van der Waals surface area contributed by atoms with Gasteiger partial charge in [0.05, 0.1) is 7.11 Å². The van der Waals surface area contributed by atoms with Crippen molar-refractivity contribution < 1.29 is 19.3 Å². The van der Waals surface area contributed by atoms with Crippen LogP contribution in [0.1, 0.15) is 50.8 Å². The quantitative estimate of drug-likeness (QED) is 0.645. The normalized spacial score (nSPS) is 20.2. The summed E-state index contributed by atoms with van der Waals surface area (Å²) in [5.41, 5.74) is 2.28. The van der Waals surface area contributed by atoms with Gasteiger partial charge in [0.2, 0.25) is 0 Å². The minimum absolute atomic E-state index is 0.399. The zero-order valence-corrected chi connectivity index (χ0v) is 17.2. The zero-order valence-electron chi connectivity index (χ0n) is 17.2. The summed E-state index contributed by atoms with van der Waals surface area (Å²) in [4.78, 5) is 0. The summed E-state index contributed by atoms with van der Waals surface area (Å²) in [6, 6.07) is 13.9. The van der Waals surface area contributed by atoms with Gasteiger partial charge in [-0.2, -0.15) is 0 Å². The Balaban J connectivity index is 1.79. The van der Waals surface area contributed by atoms with Crippen LogP contribution < -0.4 is 14.8 Å². The molecule has 152 valence electrons. The second-order valence-electron chi connectivity index (χ2n) is 7.75. The maximum absolute atomic E-state index is 10.8. The summed E-state index contributed by atoms with van der Waals surface area (Å²) in [5, 5.41) is 14.3. The van der Waals surface area contributed by atoms with Crippen molar-refractivity contribution >= 4 is 5.69 Å². The van der Waals surface area contributed by atoms with Crippen molar-refractivity contribution in [2.24, 2.45) is 0 Å². The molecule has 0 unspecified atom stereocenters. The van der Waals surface area contributed by atoms with Crippen LogP contribution in [0.3, 0.4) is 0 Å². The van der Waals surface area contributed by atoms with E-state index < -0.39 is 17.8 Å². The summed E-state index contributed by atoms with van der Waals surface area (Å²) in [5.74, 6) is 1.61. The molecule has 1 aliphatic rings. The van der Waals surface area contributed by atoms with E-state index in [2.05, 4.69) is 18.3 Å². The fraction of sp³-hybridized carbons (Fsp3) is 0.478. The van der Waals surface area contributed by atoms with Crippen molar-refractivity contribution in [1.82, 2.24) is 0 Å². The molecule has 3 rings (SSSR count). The lowest BCUT2D eigenvalue weighted by Gasteiger charge is -2.42. The molecule has 1 aliphatic heterocycles. The molecule has 5 heteroatoms. The number of unbranched alkanes of at least 4 members (excludes halogenated alkanes) is 1. The van der Waals surface area contributed by atoms with Gasteiger partial charge in [-0.25, -0.2) is 0 Å². The van der Waals surface area contributed by atoms with Crippen molar-refractivity contribution in [3.63, 3.8) is 0 Å². The number of fused-ring (bicyclic) bond motifs is 1. The Morgan fingerprint density at radius 3 is 2.75 bits per heavy atom. The summed E-state index contributed by atoms with van der Waals surface area (Å²) < 4.78 is 17.4. The second-order valence-corrected chi connectivity index (χ2v) is 7.75. The van der Waals surface area contributed by atoms with Crippen LogP contribution in [0.5, 0.6) is 11.5 Å². The summed E-state index contributed by atoms with van der Waals surface area (Å²) in [6.07, 6.45) is 0.889. The van der Waals surface area contributed by atoms with Gasteiger partial charge in [-0.1, -0.05) is 25.5 Å². The molecule has 0 aromatic heterocycles. The third-order valence-corrected chi connectivity index (χ3v) is 5.11. The highest BCUT2D eigenvalue weighted by atomic mass is 16.5. The highest BCUT2D eigenvalue weighted by Crippen LogP contribution is 2.43. The Kier molecular flexibility index (Phi) is 6.47. The van der Waals surface area contributed by atoms with Gasteiger partial charge in [0, 0.05) is 24.4 Å². The number of ether oxygens (including phenoxy) is 3. The molecule has 28 heavy (non-hydrogen) atoms. The van der Waals surface area contributed by atoms with Crippen LogP contribution in [-0.4, -0.2) is 30.5 Å². The minimum atomic E-state index is -0.731. The Morgan fingerprint density at radius 1 is 1.18 bits per heavy atom. The highest BCUT2D eigenvalue weighted by molar-refractivity contribution is 5.54. The van der Waals surface area contributed by atoms with Crippen LogP contribution in [0, 0.1) is 0 Å². The summed E-state index contributed by atoms with van der Waals surface area (Å²) >= 11 is 0. The van der Waals surface area contributed by atoms with Gasteiger partial charge in [0.1, 0.15) is 29.3 Å². The predicted octanol–water partition coefficient (Wildman–Crippen LogP) is 4.70. The third-order valence-electron chi connectivity index (χ3n) is 5.11. The molecule has 0 bridgehead atoms. The van der Waals surface area contributed by atoms with E-state index in [-0.39, 0.29) is 0 Å². The summed E-state index contributed by atoms with van der Waals surface area (Å²) in [6.45, 7) is 7.21. The Bertz CT molecular complexity index is 790. The van der Waals surface area contributed by atoms with Gasteiger partial charge in [-0.3, -0.25) is 0 Å². The van der Waals surface area contributed by atoms with Gasteiger partial charge in [-0.15, -0.1) is 0 Å². The maximum Gasteiger partial charge on any atom is 0.132 e. The van der Waals surface area contributed by atoms with Gasteiger partial charge in [0.15, 0.2) is 0 Å². The van der Waals surface area contributed by atoms with E-state index in [1.54, 1.807) is 7.11 Å². The number of benzene rings is 2. The average Bonchev–Trinajstić information content (AvgIpc) is 2.69. The number of hydrogen-bond donors (Lipinski definition) is 2. The van der Waals surface area contributed by atoms with E-state index in [4.69, 9.17) is 14.2 Å². The SMILES string of the molecule is CCCCO[C@@H]1c2cc(NCc3cccc(OC)c3)ccc2OC(C)(C)[C@H]1O. The number of aliphatic hydroxyl groups excluding tert-OH is 1. The Labute approximate surface area is 167 Å². The molecule has 2 atom stereocenters. The molecule has 2 aromatic carbocycles. The first-order valence-corrected chi connectivity index (χ1v) is 9.94. The lowest BCUT2D eigenvalue weighted by atomic mass is 9.88. The number of rotatable bonds is 8. The zero-order chi connectivity index (χ0) is 20.1. The fourth-order valence-electron chi connectivity index (χ4n) is 3.37. The minimum Gasteiger partial charge on any atom is -0.497 e. The molecule has 0 fully saturated rings. The van der Waals surface area contributed by atoms with Gasteiger partial charge >= 0.3 is 0 Å². The van der Waals surface area contributed by atoms with Crippen molar-refractivity contribution in [3.05, 3.63) is 53.6 Å². The molecule has 0 amide bonds. The van der Waals surface area contributed by atoms with Crippen LogP contribution in [0.2, 0.25) is 0 Å². The van der Waals surface area contributed by atoms with Crippen LogP contribution in [0.15, 0.2) is 42.5 Å². The van der Waals surface area contributed by atoms with E-state index in [1.807, 2.05) is 50.2 Å². The smallest absolute Gasteiger partial charge is 0.132 e. The van der Waals surface area contributed by atoms with E-state index >= 15 is 0 Å². The molecule has 0 saturated heterocycles. The molecule has 0 radical (unpaired) electrons. The molecule has 0 aliphatic carbocycles. The van der Waals surface area contributed by atoms with Crippen molar-refractivity contribution in [2.45, 2.75) is 58.0 Å². The predicted molar refractivity (Wildman–Crippen MR) is 111 cm³/mol. The number of hydrogen-bond acceptors (Lipinski definition) is 5. The van der Waals surface area contributed by atoms with E-state index in [1.165, 1.54) is 0 Å². The van der Waals surface area contributed by atoms with Crippen LogP contribution >= 0.6 is 0 Å². The molecular weight excluding hydrogens is 354 g/mol. The van der Waals surface area contributed by atoms with Gasteiger partial charge in [-0.05, 0) is 56.2 Å². The summed E-state index contributed by atoms with van der Waals surface area (Å²) in [7, 11) is 1.67. The maximum atomic E-state index is 10.8. The van der Waals surface area contributed by atoms with E-state index in [9.17, 15) is 5.11 Å². The Morgan fingerprint density at radius 2 is 2.00 bits per heavy atom. The molecule has 1 heterocycles. The molecule has 0 saturated carbocycles. The second kappa shape index (κ2) is 8.84. The van der Waals surface area contributed by atoms with Crippen LogP contribution in [0.25, 0.3) is 0 Å². The van der Waals surface area contributed by atoms with Crippen molar-refractivity contribution in [2.75, 3.05) is 19.0 Å². The lowest BCUT2D eigenvalue weighted by molar-refractivity contribution is -0.135. The van der Waals surface area contributed by atoms with Gasteiger partial charge in [0.25, 0.3) is 0 Å². The first-order chi connectivity index (χ1) is 13.4. The van der Waals surface area contributed by atoms with Crippen LogP contribution in [-0.2, 0) is 11.3 Å². The molecule has 0 spiro atoms. The number of anilines is 1. The van der Waals surface area contributed by atoms with Crippen molar-refractivity contribution in [1.29, 1.82) is 0 Å². The Hall–Kier alpha value is -2.24. The number of aliphatic hydroxyl groups is 1. The number of methoxy groups -OCH3 is 1. The first kappa shape index (κ1) is 20.5. The largest absolute Gasteiger partial charge is 0.497 e. The third kappa shape index (κ3) is 4.59. The van der Waals surface area contributed by atoms with E-state index in [0.29, 0.717) is 13.2 Å². The highest BCUT2D eigenvalue weighted by Gasteiger charge is 2.43. The van der Waals surface area contributed by atoms with Gasteiger partial charge < -0.3 is 24.6 Å². The van der Waals surface area contributed by atoms with Crippen LogP contribution in [0.4, 0.5) is 5.69 Å². The lowest BCUT2D eigenvalue weighted by Crippen LogP contribution is -2.49. The first-order valence-electron chi connectivity index (χ1n) is 9.94. The standard InChI is InChI=1S/C23H31NO4/c1-5-6-12-27-21-19-14-17(10-11-20(19)28-23(2,3)22(21)25)24-15-16-8-7-9-18(13-16)26-4/h7-11,13-14,21-22,24-25H,5-6,12,15H2,1-4H3/t21-,22+/m1/s1.